The largest absolute Gasteiger partial charge is 0.477 e. The van der Waals surface area contributed by atoms with Gasteiger partial charge in [0, 0.05) is 0 Å². The van der Waals surface area contributed by atoms with Crippen LogP contribution in [0.2, 0.25) is 0 Å². The van der Waals surface area contributed by atoms with Crippen LogP contribution in [0, 0.1) is 5.82 Å². The highest BCUT2D eigenvalue weighted by atomic mass is 32.2. The van der Waals surface area contributed by atoms with Gasteiger partial charge in [0.05, 0.1) is 12.8 Å². The highest BCUT2D eigenvalue weighted by Gasteiger charge is 2.11. The number of halogens is 1. The van der Waals surface area contributed by atoms with Gasteiger partial charge >= 0.3 is 0 Å². The second kappa shape index (κ2) is 4.29. The Hall–Kier alpha value is -1.01. The highest BCUT2D eigenvalue weighted by Crippen LogP contribution is 2.18. The first-order chi connectivity index (χ1) is 6.15. The van der Waals surface area contributed by atoms with Gasteiger partial charge in [-0.1, -0.05) is 0 Å². The molecule has 0 aliphatic carbocycles. The monoisotopic (exact) mass is 205 g/mol. The van der Waals surface area contributed by atoms with Gasteiger partial charge in [-0.2, -0.15) is 0 Å². The van der Waals surface area contributed by atoms with E-state index in [1.165, 1.54) is 0 Å². The van der Waals surface area contributed by atoms with Crippen molar-refractivity contribution < 1.29 is 17.9 Å². The second-order valence-electron chi connectivity index (χ2n) is 2.14. The Morgan fingerprint density at radius 3 is 3.00 bits per heavy atom. The summed E-state index contributed by atoms with van der Waals surface area (Å²) in [5.74, 6) is -0.675. The normalized spacial score (nSPS) is 12.5. The zero-order chi connectivity index (χ0) is 9.84. The molecule has 13 heavy (non-hydrogen) atoms. The van der Waals surface area contributed by atoms with Gasteiger partial charge in [-0.15, -0.1) is 0 Å². The summed E-state index contributed by atoms with van der Waals surface area (Å²) >= 11 is -2.28. The van der Waals surface area contributed by atoms with Crippen LogP contribution in [0.3, 0.4) is 0 Å². The first-order valence-corrected chi connectivity index (χ1v) is 4.65. The average Bonchev–Trinajstić information content (AvgIpc) is 2.08. The van der Waals surface area contributed by atoms with Crippen molar-refractivity contribution in [3.05, 3.63) is 18.1 Å². The minimum atomic E-state index is -2.28. The highest BCUT2D eigenvalue weighted by molar-refractivity contribution is 7.79. The van der Waals surface area contributed by atoms with Crippen LogP contribution in [0.4, 0.5) is 4.39 Å². The number of aromatic nitrogens is 1. The topological polar surface area (TPSA) is 59.4 Å². The average molecular weight is 205 g/mol. The maximum Gasteiger partial charge on any atom is 0.232 e. The Balaban J connectivity index is 3.10. The van der Waals surface area contributed by atoms with E-state index in [2.05, 4.69) is 4.98 Å². The summed E-state index contributed by atoms with van der Waals surface area (Å²) in [6, 6.07) is 0.925. The first-order valence-electron chi connectivity index (χ1n) is 3.54. The number of pyridine rings is 1. The van der Waals surface area contributed by atoms with Gasteiger partial charge in [0.2, 0.25) is 5.88 Å². The Morgan fingerprint density at radius 1 is 1.77 bits per heavy atom. The lowest BCUT2D eigenvalue weighted by molar-refractivity contribution is 0.315. The van der Waals surface area contributed by atoms with E-state index in [0.29, 0.717) is 6.61 Å². The van der Waals surface area contributed by atoms with Crippen LogP contribution in [0.15, 0.2) is 17.2 Å². The van der Waals surface area contributed by atoms with Gasteiger partial charge in [0.15, 0.2) is 11.1 Å². The predicted molar refractivity (Wildman–Crippen MR) is 44.4 cm³/mol. The van der Waals surface area contributed by atoms with Crippen LogP contribution in [0.25, 0.3) is 0 Å². The molecule has 1 atom stereocenters. The molecule has 1 heterocycles. The molecule has 0 aromatic carbocycles. The molecule has 6 heteroatoms. The van der Waals surface area contributed by atoms with Crippen LogP contribution in [-0.2, 0) is 11.1 Å². The third-order valence-corrected chi connectivity index (χ3v) is 1.92. The number of ether oxygens (including phenoxy) is 1. The van der Waals surface area contributed by atoms with Crippen LogP contribution in [0.5, 0.6) is 5.88 Å². The van der Waals surface area contributed by atoms with Crippen LogP contribution in [0.1, 0.15) is 6.92 Å². The van der Waals surface area contributed by atoms with Gasteiger partial charge in [-0.3, -0.25) is 0 Å². The number of nitrogens with zero attached hydrogens (tertiary/aromatic N) is 1. The molecule has 1 rings (SSSR count). The zero-order valence-electron chi connectivity index (χ0n) is 6.86. The molecule has 0 fully saturated rings. The van der Waals surface area contributed by atoms with E-state index < -0.39 is 16.9 Å². The van der Waals surface area contributed by atoms with E-state index in [1.54, 1.807) is 6.92 Å². The lowest BCUT2D eigenvalue weighted by atomic mass is 10.5. The Bertz CT molecular complexity index is 332. The summed E-state index contributed by atoms with van der Waals surface area (Å²) < 4.78 is 36.9. The third kappa shape index (κ3) is 2.46. The van der Waals surface area contributed by atoms with Gasteiger partial charge in [-0.05, 0) is 13.0 Å². The minimum absolute atomic E-state index is 0.00951. The van der Waals surface area contributed by atoms with Gasteiger partial charge in [0.25, 0.3) is 0 Å². The molecule has 72 valence electrons. The van der Waals surface area contributed by atoms with Gasteiger partial charge in [0.1, 0.15) is 10.7 Å². The molecule has 0 spiro atoms. The van der Waals surface area contributed by atoms with E-state index >= 15 is 0 Å². The first kappa shape index (κ1) is 10.1. The Kier molecular flexibility index (Phi) is 3.32. The van der Waals surface area contributed by atoms with Crippen molar-refractivity contribution in [1.82, 2.24) is 4.98 Å². The second-order valence-corrected chi connectivity index (χ2v) is 3.08. The maximum absolute atomic E-state index is 12.6. The van der Waals surface area contributed by atoms with E-state index in [1.807, 2.05) is 0 Å². The molecule has 0 aliphatic rings. The van der Waals surface area contributed by atoms with Crippen molar-refractivity contribution in [1.29, 1.82) is 0 Å². The van der Waals surface area contributed by atoms with Crippen molar-refractivity contribution in [3.8, 4) is 5.88 Å². The predicted octanol–water partition coefficient (Wildman–Crippen LogP) is 1.20. The van der Waals surface area contributed by atoms with Gasteiger partial charge in [-0.25, -0.2) is 13.6 Å². The molecular weight excluding hydrogens is 197 g/mol. The number of rotatable bonds is 3. The molecule has 0 saturated heterocycles. The smallest absolute Gasteiger partial charge is 0.232 e. The molecule has 0 aliphatic heterocycles. The summed E-state index contributed by atoms with van der Waals surface area (Å²) in [6.07, 6.45) is 0.932. The molecule has 1 aromatic heterocycles. The molecule has 0 saturated carbocycles. The molecule has 1 unspecified atom stereocenters. The van der Waals surface area contributed by atoms with E-state index in [4.69, 9.17) is 9.29 Å². The molecule has 0 bridgehead atoms. The van der Waals surface area contributed by atoms with Crippen LogP contribution >= 0.6 is 0 Å². The molecule has 4 nitrogen and oxygen atoms in total. The summed E-state index contributed by atoms with van der Waals surface area (Å²) in [5.41, 5.74) is 0. The standard InChI is InChI=1S/C7H8FNO3S/c1-2-12-7-6(13(10)11)3-5(8)4-9-7/h3-4H,2H2,1H3,(H,10,11). The summed E-state index contributed by atoms with van der Waals surface area (Å²) in [7, 11) is 0. The Labute approximate surface area is 77.0 Å². The fraction of sp³-hybridized carbons (Fsp3) is 0.286. The summed E-state index contributed by atoms with van der Waals surface area (Å²) in [4.78, 5) is 3.39. The molecule has 1 N–H and O–H groups in total. The third-order valence-electron chi connectivity index (χ3n) is 1.25. The maximum atomic E-state index is 12.6. The zero-order valence-corrected chi connectivity index (χ0v) is 7.68. The SMILES string of the molecule is CCOc1ncc(F)cc1S(=O)O. The molecule has 1 aromatic rings. The fourth-order valence-corrected chi connectivity index (χ4v) is 1.25. The molecule has 0 amide bonds. The van der Waals surface area contributed by atoms with Crippen molar-refractivity contribution in [2.45, 2.75) is 11.8 Å². The Morgan fingerprint density at radius 2 is 2.46 bits per heavy atom. The van der Waals surface area contributed by atoms with Crippen molar-refractivity contribution in [2.24, 2.45) is 0 Å². The van der Waals surface area contributed by atoms with Crippen molar-refractivity contribution >= 4 is 11.1 Å². The fourth-order valence-electron chi connectivity index (χ4n) is 0.778. The van der Waals surface area contributed by atoms with Crippen LogP contribution < -0.4 is 4.74 Å². The van der Waals surface area contributed by atoms with Crippen LogP contribution in [-0.4, -0.2) is 20.4 Å². The van der Waals surface area contributed by atoms with E-state index in [0.717, 1.165) is 12.3 Å². The van der Waals surface area contributed by atoms with Crippen molar-refractivity contribution in [2.75, 3.05) is 6.61 Å². The summed E-state index contributed by atoms with van der Waals surface area (Å²) in [6.45, 7) is 2.01. The lowest BCUT2D eigenvalue weighted by Crippen LogP contribution is -2.01. The number of hydrogen-bond donors (Lipinski definition) is 1. The van der Waals surface area contributed by atoms with E-state index in [9.17, 15) is 8.60 Å². The minimum Gasteiger partial charge on any atom is -0.477 e. The van der Waals surface area contributed by atoms with E-state index in [-0.39, 0.29) is 10.8 Å². The molecular formula is C7H8FNO3S. The molecule has 0 radical (unpaired) electrons. The lowest BCUT2D eigenvalue weighted by Gasteiger charge is -2.04. The number of hydrogen-bond acceptors (Lipinski definition) is 3. The van der Waals surface area contributed by atoms with Crippen molar-refractivity contribution in [3.63, 3.8) is 0 Å². The quantitative estimate of drug-likeness (QED) is 0.753. The van der Waals surface area contributed by atoms with Gasteiger partial charge < -0.3 is 9.29 Å². The summed E-state index contributed by atoms with van der Waals surface area (Å²) in [5, 5.41) is 0.